The third kappa shape index (κ3) is 3.19. The summed E-state index contributed by atoms with van der Waals surface area (Å²) >= 11 is 0. The van der Waals surface area contributed by atoms with Gasteiger partial charge in [0.05, 0.1) is 24.8 Å². The summed E-state index contributed by atoms with van der Waals surface area (Å²) in [7, 11) is 0. The van der Waals surface area contributed by atoms with Crippen molar-refractivity contribution < 1.29 is 18.8 Å². The topological polar surface area (TPSA) is 66.6 Å². The first kappa shape index (κ1) is 16.6. The molecule has 0 unspecified atom stereocenters. The number of carbonyl (C=O) groups is 1. The van der Waals surface area contributed by atoms with Crippen molar-refractivity contribution >= 4 is 11.5 Å². The van der Waals surface area contributed by atoms with Crippen LogP contribution in [0.4, 0.5) is 10.1 Å². The van der Waals surface area contributed by atoms with Crippen molar-refractivity contribution in [1.29, 1.82) is 0 Å². The Morgan fingerprint density at radius 3 is 2.71 bits per heavy atom. The van der Waals surface area contributed by atoms with Gasteiger partial charge in [-0.3, -0.25) is 4.79 Å². The molecule has 6 heteroatoms. The molecule has 1 fully saturated rings. The molecule has 0 saturated carbocycles. The van der Waals surface area contributed by atoms with Crippen molar-refractivity contribution in [3.8, 4) is 0 Å². The Kier molecular flexibility index (Phi) is 4.41. The minimum absolute atomic E-state index is 0.0477. The van der Waals surface area contributed by atoms with Crippen molar-refractivity contribution in [2.75, 3.05) is 18.1 Å². The lowest BCUT2D eigenvalue weighted by Crippen LogP contribution is -2.53. The van der Waals surface area contributed by atoms with Crippen LogP contribution in [0.1, 0.15) is 31.7 Å². The van der Waals surface area contributed by atoms with E-state index in [-0.39, 0.29) is 30.7 Å². The fraction of sp³-hybridized carbons (Fsp3) is 0.444. The van der Waals surface area contributed by atoms with Gasteiger partial charge in [0, 0.05) is 23.7 Å². The molecule has 1 atom stereocenters. The van der Waals surface area contributed by atoms with Crippen LogP contribution in [-0.4, -0.2) is 35.2 Å². The summed E-state index contributed by atoms with van der Waals surface area (Å²) in [5.41, 5.74) is 0.985. The van der Waals surface area contributed by atoms with Gasteiger partial charge in [0.15, 0.2) is 5.78 Å². The summed E-state index contributed by atoms with van der Waals surface area (Å²) in [5, 5.41) is 13.3. The van der Waals surface area contributed by atoms with Gasteiger partial charge in [-0.1, -0.05) is 19.0 Å². The van der Waals surface area contributed by atoms with Gasteiger partial charge in [0.2, 0.25) is 0 Å². The molecule has 0 aliphatic carbocycles. The van der Waals surface area contributed by atoms with E-state index in [0.717, 1.165) is 18.7 Å². The van der Waals surface area contributed by atoms with Crippen molar-refractivity contribution in [3.63, 3.8) is 0 Å². The zero-order chi connectivity index (χ0) is 17.3. The lowest BCUT2D eigenvalue weighted by atomic mass is 9.90. The van der Waals surface area contributed by atoms with E-state index in [1.165, 1.54) is 12.1 Å². The molecular weight excluding hydrogens is 311 g/mol. The van der Waals surface area contributed by atoms with E-state index in [4.69, 9.17) is 4.52 Å². The molecule has 0 bridgehead atoms. The fourth-order valence-corrected chi connectivity index (χ4v) is 2.75. The molecule has 2 aromatic rings. The van der Waals surface area contributed by atoms with E-state index in [1.54, 1.807) is 18.2 Å². The van der Waals surface area contributed by atoms with Crippen molar-refractivity contribution in [1.82, 2.24) is 5.16 Å². The molecule has 1 aliphatic heterocycles. The van der Waals surface area contributed by atoms with E-state index in [0.29, 0.717) is 11.5 Å². The van der Waals surface area contributed by atoms with Gasteiger partial charge in [0.25, 0.3) is 0 Å². The second-order valence-corrected chi connectivity index (χ2v) is 6.84. The number of nitrogens with zero attached hydrogens (tertiary/aromatic N) is 2. The van der Waals surface area contributed by atoms with Crippen LogP contribution in [0, 0.1) is 5.82 Å². The van der Waals surface area contributed by atoms with Crippen LogP contribution < -0.4 is 4.90 Å². The van der Waals surface area contributed by atoms with E-state index < -0.39 is 5.41 Å². The Morgan fingerprint density at radius 1 is 1.42 bits per heavy atom. The second-order valence-electron chi connectivity index (χ2n) is 6.84. The van der Waals surface area contributed by atoms with Crippen molar-refractivity contribution in [3.05, 3.63) is 47.6 Å². The normalized spacial score (nSPS) is 17.7. The SMILES string of the molecule is CC(C)(CO)c1cc(CC(=O)[C@@H]2CCN2c2ccc(F)cc2)on1. The third-order valence-corrected chi connectivity index (χ3v) is 4.55. The van der Waals surface area contributed by atoms with Crippen LogP contribution >= 0.6 is 0 Å². The first-order valence-corrected chi connectivity index (χ1v) is 8.02. The highest BCUT2D eigenvalue weighted by atomic mass is 19.1. The number of anilines is 1. The Hall–Kier alpha value is -2.21. The number of aromatic nitrogens is 1. The number of aliphatic hydroxyl groups excluding tert-OH is 1. The highest BCUT2D eigenvalue weighted by Crippen LogP contribution is 2.28. The number of carbonyl (C=O) groups excluding carboxylic acids is 1. The van der Waals surface area contributed by atoms with Crippen molar-refractivity contribution in [2.24, 2.45) is 0 Å². The number of halogens is 1. The van der Waals surface area contributed by atoms with Gasteiger partial charge in [-0.15, -0.1) is 0 Å². The zero-order valence-corrected chi connectivity index (χ0v) is 13.8. The van der Waals surface area contributed by atoms with Gasteiger partial charge in [-0.25, -0.2) is 4.39 Å². The minimum Gasteiger partial charge on any atom is -0.395 e. The number of benzene rings is 1. The smallest absolute Gasteiger partial charge is 0.162 e. The molecule has 3 rings (SSSR count). The molecule has 24 heavy (non-hydrogen) atoms. The molecule has 1 saturated heterocycles. The summed E-state index contributed by atoms with van der Waals surface area (Å²) in [6, 6.07) is 7.68. The van der Waals surface area contributed by atoms with Crippen LogP contribution in [-0.2, 0) is 16.6 Å². The molecule has 1 aromatic carbocycles. The van der Waals surface area contributed by atoms with Crippen LogP contribution in [0.25, 0.3) is 0 Å². The highest BCUT2D eigenvalue weighted by Gasteiger charge is 2.35. The Bertz CT molecular complexity index is 724. The van der Waals surface area contributed by atoms with Crippen LogP contribution in [0.3, 0.4) is 0 Å². The first-order valence-electron chi connectivity index (χ1n) is 8.02. The molecule has 5 nitrogen and oxygen atoms in total. The number of hydrogen-bond acceptors (Lipinski definition) is 5. The number of hydrogen-bond donors (Lipinski definition) is 1. The highest BCUT2D eigenvalue weighted by molar-refractivity contribution is 5.90. The van der Waals surface area contributed by atoms with Crippen LogP contribution in [0.2, 0.25) is 0 Å². The Labute approximate surface area is 140 Å². The standard InChI is InChI=1S/C18H21FN2O3/c1-18(2,11-22)17-10-14(24-20-17)9-16(23)15-7-8-21(15)13-5-3-12(19)4-6-13/h3-6,10,15,22H,7-9,11H2,1-2H3/t15-/m0/s1. The van der Waals surface area contributed by atoms with Gasteiger partial charge >= 0.3 is 0 Å². The summed E-state index contributed by atoms with van der Waals surface area (Å²) in [5.74, 6) is 0.264. The number of Topliss-reactive ketones (excluding diaryl/α,β-unsaturated/α-hetero) is 1. The molecule has 1 N–H and O–H groups in total. The Balaban J connectivity index is 1.66. The molecule has 0 amide bonds. The third-order valence-electron chi connectivity index (χ3n) is 4.55. The van der Waals surface area contributed by atoms with Gasteiger partial charge < -0.3 is 14.5 Å². The fourth-order valence-electron chi connectivity index (χ4n) is 2.75. The molecule has 0 spiro atoms. The maximum atomic E-state index is 13.0. The average Bonchev–Trinajstić information content (AvgIpc) is 2.97. The second kappa shape index (κ2) is 6.36. The zero-order valence-electron chi connectivity index (χ0n) is 13.8. The van der Waals surface area contributed by atoms with Gasteiger partial charge in [0.1, 0.15) is 11.6 Å². The Morgan fingerprint density at radius 2 is 2.12 bits per heavy atom. The monoisotopic (exact) mass is 332 g/mol. The molecular formula is C18H21FN2O3. The van der Waals surface area contributed by atoms with Crippen molar-refractivity contribution in [2.45, 2.75) is 38.1 Å². The molecule has 1 aromatic heterocycles. The van der Waals surface area contributed by atoms with E-state index >= 15 is 0 Å². The minimum atomic E-state index is -0.499. The summed E-state index contributed by atoms with van der Waals surface area (Å²) in [6.45, 7) is 4.45. The lowest BCUT2D eigenvalue weighted by molar-refractivity contribution is -0.121. The quantitative estimate of drug-likeness (QED) is 0.880. The molecule has 1 aliphatic rings. The molecule has 128 valence electrons. The summed E-state index contributed by atoms with van der Waals surface area (Å²) in [4.78, 5) is 14.5. The maximum Gasteiger partial charge on any atom is 0.162 e. The number of ketones is 1. The van der Waals surface area contributed by atoms with Gasteiger partial charge in [-0.2, -0.15) is 0 Å². The average molecular weight is 332 g/mol. The van der Waals surface area contributed by atoms with E-state index in [1.807, 2.05) is 18.7 Å². The predicted octanol–water partition coefficient (Wildman–Crippen LogP) is 2.47. The van der Waals surface area contributed by atoms with Crippen LogP contribution in [0.5, 0.6) is 0 Å². The maximum absolute atomic E-state index is 13.0. The molecule has 0 radical (unpaired) electrons. The summed E-state index contributed by atoms with van der Waals surface area (Å²) < 4.78 is 18.3. The van der Waals surface area contributed by atoms with E-state index in [2.05, 4.69) is 5.16 Å². The number of aliphatic hydroxyl groups is 1. The van der Waals surface area contributed by atoms with E-state index in [9.17, 15) is 14.3 Å². The first-order chi connectivity index (χ1) is 11.4. The number of rotatable bonds is 6. The lowest BCUT2D eigenvalue weighted by Gasteiger charge is -2.41. The largest absolute Gasteiger partial charge is 0.395 e. The predicted molar refractivity (Wildman–Crippen MR) is 87.5 cm³/mol. The van der Waals surface area contributed by atoms with Crippen LogP contribution in [0.15, 0.2) is 34.9 Å². The molecule has 2 heterocycles. The van der Waals surface area contributed by atoms with Gasteiger partial charge in [-0.05, 0) is 30.7 Å². The summed E-state index contributed by atoms with van der Waals surface area (Å²) in [6.07, 6.45) is 0.941.